The van der Waals surface area contributed by atoms with Gasteiger partial charge in [0.25, 0.3) is 11.8 Å². The molecule has 0 bridgehead atoms. The zero-order valence-electron chi connectivity index (χ0n) is 15.5. The second kappa shape index (κ2) is 8.24. The minimum atomic E-state index is -0.502. The zero-order chi connectivity index (χ0) is 20.4. The minimum absolute atomic E-state index is 0.0137. The van der Waals surface area contributed by atoms with Gasteiger partial charge < -0.3 is 9.47 Å². The van der Waals surface area contributed by atoms with Crippen molar-refractivity contribution in [3.63, 3.8) is 0 Å². The summed E-state index contributed by atoms with van der Waals surface area (Å²) in [5.41, 5.74) is 3.64. The van der Waals surface area contributed by atoms with Crippen LogP contribution in [0.2, 0.25) is 5.02 Å². The topological polar surface area (TPSA) is 67.9 Å². The van der Waals surface area contributed by atoms with Gasteiger partial charge in [0, 0.05) is 4.47 Å². The molecule has 1 saturated heterocycles. The van der Waals surface area contributed by atoms with Crippen LogP contribution in [0.3, 0.4) is 0 Å². The number of carbonyl (C=O) groups excluding carboxylic acids is 2. The number of halogens is 2. The summed E-state index contributed by atoms with van der Waals surface area (Å²) < 4.78 is 11.6. The lowest BCUT2D eigenvalue weighted by atomic mass is 10.1. The van der Waals surface area contributed by atoms with Crippen LogP contribution in [-0.4, -0.2) is 25.0 Å². The van der Waals surface area contributed by atoms with Crippen LogP contribution in [0.1, 0.15) is 19.4 Å². The summed E-state index contributed by atoms with van der Waals surface area (Å²) in [7, 11) is 1.49. The van der Waals surface area contributed by atoms with Crippen LogP contribution in [0.25, 0.3) is 6.08 Å². The van der Waals surface area contributed by atoms with E-state index in [9.17, 15) is 9.59 Å². The van der Waals surface area contributed by atoms with E-state index in [2.05, 4.69) is 21.4 Å². The smallest absolute Gasteiger partial charge is 0.282 e. The van der Waals surface area contributed by atoms with E-state index in [-0.39, 0.29) is 11.7 Å². The lowest BCUT2D eigenvalue weighted by molar-refractivity contribution is -0.117. The summed E-state index contributed by atoms with van der Waals surface area (Å²) in [5, 5.41) is 1.50. The van der Waals surface area contributed by atoms with Gasteiger partial charge >= 0.3 is 0 Å². The van der Waals surface area contributed by atoms with Crippen molar-refractivity contribution in [2.45, 2.75) is 20.0 Å². The van der Waals surface area contributed by atoms with Crippen LogP contribution in [-0.2, 0) is 9.59 Å². The minimum Gasteiger partial charge on any atom is -0.493 e. The molecule has 6 nitrogen and oxygen atoms in total. The van der Waals surface area contributed by atoms with Crippen LogP contribution >= 0.6 is 27.5 Å². The molecule has 0 aromatic heterocycles. The molecule has 0 spiro atoms. The molecule has 3 rings (SSSR count). The van der Waals surface area contributed by atoms with Crippen LogP contribution in [0, 0.1) is 0 Å². The Kier molecular flexibility index (Phi) is 5.96. The SMILES string of the molecule is COc1cc(C=C2C(=O)NN(c3ccccc3)C2=O)c(Br)c(Cl)c1OC(C)C. The van der Waals surface area contributed by atoms with Crippen molar-refractivity contribution >= 4 is 51.1 Å². The van der Waals surface area contributed by atoms with Crippen molar-refractivity contribution in [2.75, 3.05) is 12.1 Å². The summed E-state index contributed by atoms with van der Waals surface area (Å²) in [6, 6.07) is 10.5. The number of rotatable bonds is 5. The maximum atomic E-state index is 12.8. The van der Waals surface area contributed by atoms with E-state index in [0.717, 1.165) is 0 Å². The molecule has 1 heterocycles. The Balaban J connectivity index is 2.02. The second-order valence-corrected chi connectivity index (χ2v) is 7.44. The normalized spacial score (nSPS) is 15.4. The molecule has 0 aliphatic carbocycles. The standard InChI is InChI=1S/C20H18BrClN2O4/c1-11(2)28-18-15(27-3)10-12(16(21)17(18)22)9-14-19(25)23-24(20(14)26)13-7-5-4-6-8-13/h4-11H,1-3H3,(H,23,25). The quantitative estimate of drug-likeness (QED) is 0.526. The van der Waals surface area contributed by atoms with E-state index in [1.807, 2.05) is 19.9 Å². The average molecular weight is 466 g/mol. The number of amides is 2. The molecule has 2 aromatic rings. The first-order valence-corrected chi connectivity index (χ1v) is 9.65. The molecule has 146 valence electrons. The fourth-order valence-corrected chi connectivity index (χ4v) is 3.33. The number of para-hydroxylation sites is 1. The number of methoxy groups -OCH3 is 1. The van der Waals surface area contributed by atoms with Crippen LogP contribution in [0.4, 0.5) is 5.69 Å². The van der Waals surface area contributed by atoms with E-state index in [4.69, 9.17) is 21.1 Å². The summed E-state index contributed by atoms with van der Waals surface area (Å²) in [4.78, 5) is 25.1. The highest BCUT2D eigenvalue weighted by molar-refractivity contribution is 9.10. The number of hydrogen-bond acceptors (Lipinski definition) is 4. The Morgan fingerprint density at radius 3 is 2.50 bits per heavy atom. The largest absolute Gasteiger partial charge is 0.493 e. The van der Waals surface area contributed by atoms with Gasteiger partial charge in [-0.25, -0.2) is 5.01 Å². The van der Waals surface area contributed by atoms with Gasteiger partial charge in [-0.3, -0.25) is 15.0 Å². The number of benzene rings is 2. The predicted molar refractivity (Wildman–Crippen MR) is 112 cm³/mol. The van der Waals surface area contributed by atoms with Crippen molar-refractivity contribution in [3.05, 3.63) is 57.0 Å². The summed E-state index contributed by atoms with van der Waals surface area (Å²) in [5.74, 6) is -0.167. The highest BCUT2D eigenvalue weighted by Gasteiger charge is 2.34. The van der Waals surface area contributed by atoms with Gasteiger partial charge in [-0.1, -0.05) is 29.8 Å². The molecule has 1 aliphatic heterocycles. The molecular formula is C20H18BrClN2O4. The molecule has 2 aromatic carbocycles. The number of nitrogens with one attached hydrogen (secondary N) is 1. The van der Waals surface area contributed by atoms with Crippen molar-refractivity contribution in [1.82, 2.24) is 5.43 Å². The number of nitrogens with zero attached hydrogens (tertiary/aromatic N) is 1. The van der Waals surface area contributed by atoms with Crippen LogP contribution in [0.15, 0.2) is 46.4 Å². The number of anilines is 1. The molecule has 1 aliphatic rings. The Hall–Kier alpha value is -2.51. The number of ether oxygens (including phenoxy) is 2. The maximum Gasteiger partial charge on any atom is 0.282 e. The van der Waals surface area contributed by atoms with Gasteiger partial charge in [0.15, 0.2) is 11.5 Å². The predicted octanol–water partition coefficient (Wildman–Crippen LogP) is 4.36. The lowest BCUT2D eigenvalue weighted by Gasteiger charge is -2.17. The third kappa shape index (κ3) is 3.86. The summed E-state index contributed by atoms with van der Waals surface area (Å²) in [6.45, 7) is 3.75. The van der Waals surface area contributed by atoms with E-state index in [1.54, 1.807) is 30.3 Å². The zero-order valence-corrected chi connectivity index (χ0v) is 17.8. The van der Waals surface area contributed by atoms with E-state index >= 15 is 0 Å². The molecular weight excluding hydrogens is 448 g/mol. The van der Waals surface area contributed by atoms with Gasteiger partial charge in [-0.2, -0.15) is 0 Å². The van der Waals surface area contributed by atoms with Gasteiger partial charge in [0.1, 0.15) is 10.6 Å². The first-order chi connectivity index (χ1) is 13.3. The van der Waals surface area contributed by atoms with E-state index < -0.39 is 11.8 Å². The monoisotopic (exact) mass is 464 g/mol. The average Bonchev–Trinajstić information content (AvgIpc) is 2.96. The lowest BCUT2D eigenvalue weighted by Crippen LogP contribution is -2.35. The summed E-state index contributed by atoms with van der Waals surface area (Å²) in [6.07, 6.45) is 1.36. The molecule has 0 saturated carbocycles. The van der Waals surface area contributed by atoms with E-state index in [1.165, 1.54) is 18.2 Å². The van der Waals surface area contributed by atoms with E-state index in [0.29, 0.717) is 32.2 Å². The molecule has 0 unspecified atom stereocenters. The fraction of sp³-hybridized carbons (Fsp3) is 0.200. The van der Waals surface area contributed by atoms with Crippen molar-refractivity contribution in [1.29, 1.82) is 0 Å². The van der Waals surface area contributed by atoms with Gasteiger partial charge in [-0.05, 0) is 59.6 Å². The van der Waals surface area contributed by atoms with Gasteiger partial charge in [-0.15, -0.1) is 0 Å². The fourth-order valence-electron chi connectivity index (χ4n) is 2.68. The van der Waals surface area contributed by atoms with Crippen molar-refractivity contribution in [2.24, 2.45) is 0 Å². The van der Waals surface area contributed by atoms with Crippen LogP contribution in [0.5, 0.6) is 11.5 Å². The first kappa shape index (κ1) is 20.2. The van der Waals surface area contributed by atoms with Gasteiger partial charge in [0.2, 0.25) is 0 Å². The highest BCUT2D eigenvalue weighted by Crippen LogP contribution is 2.43. The Morgan fingerprint density at radius 2 is 1.89 bits per heavy atom. The maximum absolute atomic E-state index is 12.8. The highest BCUT2D eigenvalue weighted by atomic mass is 79.9. The molecule has 2 amide bonds. The third-order valence-electron chi connectivity index (χ3n) is 3.94. The van der Waals surface area contributed by atoms with Crippen LogP contribution < -0.4 is 19.9 Å². The second-order valence-electron chi connectivity index (χ2n) is 6.27. The third-order valence-corrected chi connectivity index (χ3v) is 5.38. The molecule has 1 fully saturated rings. The molecule has 0 radical (unpaired) electrons. The first-order valence-electron chi connectivity index (χ1n) is 8.48. The Labute approximate surface area is 176 Å². The van der Waals surface area contributed by atoms with Crippen molar-refractivity contribution < 1.29 is 19.1 Å². The van der Waals surface area contributed by atoms with Crippen molar-refractivity contribution in [3.8, 4) is 11.5 Å². The molecule has 28 heavy (non-hydrogen) atoms. The number of carbonyl (C=O) groups is 2. The summed E-state index contributed by atoms with van der Waals surface area (Å²) >= 11 is 9.85. The Morgan fingerprint density at radius 1 is 1.21 bits per heavy atom. The molecule has 8 heteroatoms. The molecule has 1 N–H and O–H groups in total. The number of hydrazine groups is 1. The van der Waals surface area contributed by atoms with Gasteiger partial charge in [0.05, 0.1) is 18.9 Å². The molecule has 0 atom stereocenters. The number of hydrogen-bond donors (Lipinski definition) is 1. The Bertz CT molecular complexity index is 960.